The van der Waals surface area contributed by atoms with E-state index in [4.69, 9.17) is 4.74 Å². The summed E-state index contributed by atoms with van der Waals surface area (Å²) in [7, 11) is 3.78. The van der Waals surface area contributed by atoms with Gasteiger partial charge >= 0.3 is 0 Å². The molecule has 1 saturated heterocycles. The van der Waals surface area contributed by atoms with Crippen LogP contribution in [-0.4, -0.2) is 62.7 Å². The molecule has 1 aromatic carbocycles. The summed E-state index contributed by atoms with van der Waals surface area (Å²) in [5.41, 5.74) is 2.07. The van der Waals surface area contributed by atoms with Gasteiger partial charge in [-0.25, -0.2) is 0 Å². The average Bonchev–Trinajstić information content (AvgIpc) is 2.64. The molecule has 2 rings (SSSR count). The number of carbonyl (C=O) groups excluding carboxylic acids is 1. The lowest BCUT2D eigenvalue weighted by molar-refractivity contribution is 0.0951. The molecule has 0 unspecified atom stereocenters. The Balaban J connectivity index is 1.70. The van der Waals surface area contributed by atoms with Gasteiger partial charge < -0.3 is 15.0 Å². The van der Waals surface area contributed by atoms with Crippen LogP contribution in [-0.2, 0) is 4.74 Å². The maximum absolute atomic E-state index is 12.2. The van der Waals surface area contributed by atoms with E-state index in [0.29, 0.717) is 11.1 Å². The van der Waals surface area contributed by atoms with E-state index in [1.165, 1.54) is 23.5 Å². The molecule has 134 valence electrons. The van der Waals surface area contributed by atoms with Crippen LogP contribution >= 0.6 is 23.5 Å². The van der Waals surface area contributed by atoms with Crippen molar-refractivity contribution in [1.29, 1.82) is 0 Å². The fourth-order valence-corrected chi connectivity index (χ4v) is 5.38. The SMILES string of the molecule is COCCN(C)CCCNC(=O)c1ccc(C2SCCCS2)cc1. The van der Waals surface area contributed by atoms with Gasteiger partial charge in [0, 0.05) is 25.8 Å². The number of rotatable bonds is 9. The van der Waals surface area contributed by atoms with E-state index in [9.17, 15) is 4.79 Å². The van der Waals surface area contributed by atoms with Crippen LogP contribution in [0, 0.1) is 0 Å². The summed E-state index contributed by atoms with van der Waals surface area (Å²) < 4.78 is 5.58. The topological polar surface area (TPSA) is 41.6 Å². The Bertz CT molecular complexity index is 490. The molecule has 0 aliphatic carbocycles. The summed E-state index contributed by atoms with van der Waals surface area (Å²) >= 11 is 4.01. The lowest BCUT2D eigenvalue weighted by atomic mass is 10.1. The van der Waals surface area contributed by atoms with E-state index in [1.807, 2.05) is 35.7 Å². The van der Waals surface area contributed by atoms with Crippen molar-refractivity contribution in [1.82, 2.24) is 10.2 Å². The average molecular weight is 369 g/mol. The number of nitrogens with zero attached hydrogens (tertiary/aromatic N) is 1. The van der Waals surface area contributed by atoms with E-state index in [-0.39, 0.29) is 5.91 Å². The minimum atomic E-state index is 0.0186. The maximum Gasteiger partial charge on any atom is 0.251 e. The third kappa shape index (κ3) is 6.67. The first-order chi connectivity index (χ1) is 11.7. The highest BCUT2D eigenvalue weighted by molar-refractivity contribution is 8.16. The van der Waals surface area contributed by atoms with Crippen molar-refractivity contribution in [3.05, 3.63) is 35.4 Å². The third-order valence-corrected chi connectivity index (χ3v) is 6.97. The second kappa shape index (κ2) is 11.0. The summed E-state index contributed by atoms with van der Waals surface area (Å²) in [5, 5.41) is 3.00. The molecule has 1 aliphatic heterocycles. The lowest BCUT2D eigenvalue weighted by Gasteiger charge is -2.21. The lowest BCUT2D eigenvalue weighted by Crippen LogP contribution is -2.29. The number of likely N-dealkylation sites (N-methyl/N-ethyl adjacent to an activating group) is 1. The van der Waals surface area contributed by atoms with Crippen molar-refractivity contribution in [3.8, 4) is 0 Å². The molecule has 1 N–H and O–H groups in total. The smallest absolute Gasteiger partial charge is 0.251 e. The second-order valence-electron chi connectivity index (χ2n) is 5.95. The van der Waals surface area contributed by atoms with Gasteiger partial charge in [-0.15, -0.1) is 23.5 Å². The van der Waals surface area contributed by atoms with Gasteiger partial charge in [0.25, 0.3) is 5.91 Å². The normalized spacial score (nSPS) is 15.6. The molecule has 1 heterocycles. The van der Waals surface area contributed by atoms with Crippen LogP contribution in [0.5, 0.6) is 0 Å². The first-order valence-corrected chi connectivity index (χ1v) is 10.6. The molecule has 0 bridgehead atoms. The number of thioether (sulfide) groups is 2. The summed E-state index contributed by atoms with van der Waals surface area (Å²) in [4.78, 5) is 14.4. The zero-order valence-electron chi connectivity index (χ0n) is 14.6. The summed E-state index contributed by atoms with van der Waals surface area (Å²) in [6.07, 6.45) is 2.24. The Morgan fingerprint density at radius 2 is 1.96 bits per heavy atom. The van der Waals surface area contributed by atoms with E-state index in [1.54, 1.807) is 7.11 Å². The molecule has 1 aromatic rings. The maximum atomic E-state index is 12.2. The molecule has 0 radical (unpaired) electrons. The Labute approximate surface area is 154 Å². The zero-order valence-corrected chi connectivity index (χ0v) is 16.3. The molecular weight excluding hydrogens is 340 g/mol. The fourth-order valence-electron chi connectivity index (χ4n) is 2.48. The first-order valence-electron chi connectivity index (χ1n) is 8.49. The molecule has 4 nitrogen and oxygen atoms in total. The zero-order chi connectivity index (χ0) is 17.2. The van der Waals surface area contributed by atoms with Crippen LogP contribution in [0.4, 0.5) is 0 Å². The predicted octanol–water partition coefficient (Wildman–Crippen LogP) is 3.25. The van der Waals surface area contributed by atoms with Crippen molar-refractivity contribution in [2.45, 2.75) is 17.4 Å². The quantitative estimate of drug-likeness (QED) is 0.678. The largest absolute Gasteiger partial charge is 0.383 e. The van der Waals surface area contributed by atoms with Crippen molar-refractivity contribution >= 4 is 29.4 Å². The van der Waals surface area contributed by atoms with Crippen LogP contribution in [0.1, 0.15) is 33.3 Å². The van der Waals surface area contributed by atoms with E-state index in [0.717, 1.165) is 31.7 Å². The van der Waals surface area contributed by atoms with E-state index >= 15 is 0 Å². The van der Waals surface area contributed by atoms with Crippen LogP contribution in [0.3, 0.4) is 0 Å². The summed E-state index contributed by atoms with van der Waals surface area (Å²) in [6, 6.07) is 8.10. The van der Waals surface area contributed by atoms with Gasteiger partial charge in [0.1, 0.15) is 0 Å². The van der Waals surface area contributed by atoms with Crippen molar-refractivity contribution in [2.24, 2.45) is 0 Å². The molecular formula is C18H28N2O2S2. The number of hydrogen-bond acceptors (Lipinski definition) is 5. The number of methoxy groups -OCH3 is 1. The standard InChI is InChI=1S/C18H28N2O2S2/c1-20(11-12-22-2)10-3-9-19-17(21)15-5-7-16(8-6-15)18-23-13-4-14-24-18/h5-8,18H,3-4,9-14H2,1-2H3,(H,19,21). The first kappa shape index (κ1) is 19.6. The van der Waals surface area contributed by atoms with Crippen LogP contribution < -0.4 is 5.32 Å². The molecule has 6 heteroatoms. The van der Waals surface area contributed by atoms with Gasteiger partial charge in [0.15, 0.2) is 0 Å². The number of nitrogens with one attached hydrogen (secondary N) is 1. The summed E-state index contributed by atoms with van der Waals surface area (Å²) in [6.45, 7) is 3.32. The molecule has 1 amide bonds. The molecule has 0 atom stereocenters. The van der Waals surface area contributed by atoms with Gasteiger partial charge in [-0.3, -0.25) is 4.79 Å². The fraction of sp³-hybridized carbons (Fsp3) is 0.611. The Hall–Kier alpha value is -0.690. The highest BCUT2D eigenvalue weighted by Crippen LogP contribution is 2.43. The van der Waals surface area contributed by atoms with Gasteiger partial charge in [0.05, 0.1) is 11.2 Å². The van der Waals surface area contributed by atoms with Crippen molar-refractivity contribution < 1.29 is 9.53 Å². The molecule has 0 saturated carbocycles. The Morgan fingerprint density at radius 1 is 1.25 bits per heavy atom. The number of ether oxygens (including phenoxy) is 1. The molecule has 1 fully saturated rings. The van der Waals surface area contributed by atoms with Gasteiger partial charge in [-0.2, -0.15) is 0 Å². The number of amides is 1. The van der Waals surface area contributed by atoms with Crippen LogP contribution in [0.15, 0.2) is 24.3 Å². The second-order valence-corrected chi connectivity index (χ2v) is 8.68. The van der Waals surface area contributed by atoms with Crippen molar-refractivity contribution in [2.75, 3.05) is 51.9 Å². The minimum absolute atomic E-state index is 0.0186. The number of benzene rings is 1. The van der Waals surface area contributed by atoms with Gasteiger partial charge in [-0.05, 0) is 55.6 Å². The predicted molar refractivity (Wildman–Crippen MR) is 105 cm³/mol. The van der Waals surface area contributed by atoms with E-state index < -0.39 is 0 Å². The van der Waals surface area contributed by atoms with Crippen LogP contribution in [0.2, 0.25) is 0 Å². The highest BCUT2D eigenvalue weighted by Gasteiger charge is 2.16. The third-order valence-electron chi connectivity index (χ3n) is 3.95. The number of hydrogen-bond donors (Lipinski definition) is 1. The number of carbonyl (C=O) groups is 1. The monoisotopic (exact) mass is 368 g/mol. The van der Waals surface area contributed by atoms with Crippen LogP contribution in [0.25, 0.3) is 0 Å². The Morgan fingerprint density at radius 3 is 2.62 bits per heavy atom. The molecule has 24 heavy (non-hydrogen) atoms. The molecule has 1 aliphatic rings. The van der Waals surface area contributed by atoms with E-state index in [2.05, 4.69) is 29.4 Å². The minimum Gasteiger partial charge on any atom is -0.383 e. The van der Waals surface area contributed by atoms with Gasteiger partial charge in [0.2, 0.25) is 0 Å². The van der Waals surface area contributed by atoms with Crippen molar-refractivity contribution in [3.63, 3.8) is 0 Å². The Kier molecular flexibility index (Phi) is 9.02. The highest BCUT2D eigenvalue weighted by atomic mass is 32.2. The van der Waals surface area contributed by atoms with Gasteiger partial charge in [-0.1, -0.05) is 12.1 Å². The molecule has 0 aromatic heterocycles. The summed E-state index contributed by atoms with van der Waals surface area (Å²) in [5.74, 6) is 2.49. The molecule has 0 spiro atoms.